The molecule has 0 fully saturated rings. The Hall–Kier alpha value is -2.46. The molecule has 0 saturated carbocycles. The summed E-state index contributed by atoms with van der Waals surface area (Å²) in [7, 11) is 0. The van der Waals surface area contributed by atoms with E-state index in [0.717, 1.165) is 18.7 Å². The molecule has 0 unspecified atom stereocenters. The highest BCUT2D eigenvalue weighted by molar-refractivity contribution is 5.74. The Morgan fingerprint density at radius 1 is 1.13 bits per heavy atom. The quantitative estimate of drug-likeness (QED) is 0.552. The molecule has 0 radical (unpaired) electrons. The van der Waals surface area contributed by atoms with Gasteiger partial charge in [0.1, 0.15) is 0 Å². The smallest absolute Gasteiger partial charge is 0.0373 e. The van der Waals surface area contributed by atoms with Crippen molar-refractivity contribution in [1.29, 1.82) is 0 Å². The van der Waals surface area contributed by atoms with E-state index < -0.39 is 0 Å². The van der Waals surface area contributed by atoms with E-state index in [9.17, 15) is 0 Å². The SMILES string of the molecule is C#CCCN/C(=C\C)c1cc(-c2ccccc2)ccc1C(C)C. The molecule has 0 aromatic heterocycles. The first kappa shape index (κ1) is 16.9. The van der Waals surface area contributed by atoms with Gasteiger partial charge in [-0.2, -0.15) is 0 Å². The van der Waals surface area contributed by atoms with E-state index in [-0.39, 0.29) is 0 Å². The molecule has 0 saturated heterocycles. The molecule has 1 nitrogen and oxygen atoms in total. The van der Waals surface area contributed by atoms with Crippen molar-refractivity contribution in [3.8, 4) is 23.5 Å². The Bertz CT molecular complexity index is 702. The number of hydrogen-bond acceptors (Lipinski definition) is 1. The predicted octanol–water partition coefficient (Wildman–Crippen LogP) is 5.45. The highest BCUT2D eigenvalue weighted by Gasteiger charge is 2.12. The highest BCUT2D eigenvalue weighted by Crippen LogP contribution is 2.30. The molecule has 0 aliphatic rings. The second-order valence-electron chi connectivity index (χ2n) is 5.91. The average Bonchev–Trinajstić information content (AvgIpc) is 2.59. The number of nitrogens with one attached hydrogen (secondary N) is 1. The van der Waals surface area contributed by atoms with Crippen molar-refractivity contribution in [2.75, 3.05) is 6.54 Å². The van der Waals surface area contributed by atoms with Gasteiger partial charge in [0.25, 0.3) is 0 Å². The predicted molar refractivity (Wildman–Crippen MR) is 101 cm³/mol. The van der Waals surface area contributed by atoms with Crippen LogP contribution < -0.4 is 5.32 Å². The van der Waals surface area contributed by atoms with E-state index in [2.05, 4.69) is 80.5 Å². The molecule has 2 rings (SSSR count). The lowest BCUT2D eigenvalue weighted by molar-refractivity contribution is 0.845. The third-order valence-corrected chi connectivity index (χ3v) is 3.95. The Morgan fingerprint density at radius 2 is 1.87 bits per heavy atom. The number of allylic oxidation sites excluding steroid dienone is 1. The molecule has 0 atom stereocenters. The maximum Gasteiger partial charge on any atom is 0.0373 e. The number of benzene rings is 2. The summed E-state index contributed by atoms with van der Waals surface area (Å²) >= 11 is 0. The molecule has 118 valence electrons. The normalized spacial score (nSPS) is 11.3. The van der Waals surface area contributed by atoms with Gasteiger partial charge in [0, 0.05) is 24.2 Å². The molecule has 1 N–H and O–H groups in total. The van der Waals surface area contributed by atoms with Crippen LogP contribution in [0, 0.1) is 12.3 Å². The minimum atomic E-state index is 0.471. The third-order valence-electron chi connectivity index (χ3n) is 3.95. The van der Waals surface area contributed by atoms with Crippen LogP contribution in [-0.4, -0.2) is 6.54 Å². The standard InChI is InChI=1S/C22H25N/c1-5-7-15-23-22(6-2)21-16-19(13-14-20(21)17(3)4)18-11-9-8-10-12-18/h1,6,8-14,16-17,23H,7,15H2,2-4H3/b22-6-. The first-order chi connectivity index (χ1) is 11.2. The van der Waals surface area contributed by atoms with Crippen molar-refractivity contribution in [1.82, 2.24) is 5.32 Å². The molecule has 2 aromatic rings. The van der Waals surface area contributed by atoms with Crippen molar-refractivity contribution < 1.29 is 0 Å². The minimum absolute atomic E-state index is 0.471. The summed E-state index contributed by atoms with van der Waals surface area (Å²) in [5.74, 6) is 3.15. The Kier molecular flexibility index (Phi) is 6.06. The van der Waals surface area contributed by atoms with Gasteiger partial charge < -0.3 is 5.32 Å². The monoisotopic (exact) mass is 303 g/mol. The summed E-state index contributed by atoms with van der Waals surface area (Å²) in [5, 5.41) is 3.48. The number of rotatable bonds is 6. The van der Waals surface area contributed by atoms with Gasteiger partial charge in [0.2, 0.25) is 0 Å². The highest BCUT2D eigenvalue weighted by atomic mass is 14.9. The molecular formula is C22H25N. The van der Waals surface area contributed by atoms with Crippen LogP contribution in [0.2, 0.25) is 0 Å². The molecule has 0 aliphatic carbocycles. The van der Waals surface area contributed by atoms with Crippen LogP contribution in [-0.2, 0) is 0 Å². The molecule has 23 heavy (non-hydrogen) atoms. The van der Waals surface area contributed by atoms with Crippen molar-refractivity contribution in [3.05, 3.63) is 65.7 Å². The summed E-state index contributed by atoms with van der Waals surface area (Å²) in [5.41, 5.74) is 6.25. The third kappa shape index (κ3) is 4.27. The largest absolute Gasteiger partial charge is 0.384 e. The van der Waals surface area contributed by atoms with E-state index in [1.807, 2.05) is 6.07 Å². The molecule has 0 bridgehead atoms. The Balaban J connectivity index is 2.44. The lowest BCUT2D eigenvalue weighted by Gasteiger charge is -2.18. The van der Waals surface area contributed by atoms with Gasteiger partial charge in [-0.15, -0.1) is 12.3 Å². The van der Waals surface area contributed by atoms with E-state index in [1.54, 1.807) is 0 Å². The van der Waals surface area contributed by atoms with Crippen LogP contribution in [0.5, 0.6) is 0 Å². The van der Waals surface area contributed by atoms with E-state index in [1.165, 1.54) is 22.3 Å². The van der Waals surface area contributed by atoms with Crippen molar-refractivity contribution in [2.45, 2.75) is 33.1 Å². The molecule has 0 aliphatic heterocycles. The summed E-state index contributed by atoms with van der Waals surface area (Å²) in [4.78, 5) is 0. The molecular weight excluding hydrogens is 278 g/mol. The van der Waals surface area contributed by atoms with Gasteiger partial charge in [0.15, 0.2) is 0 Å². The van der Waals surface area contributed by atoms with Gasteiger partial charge in [0.05, 0.1) is 0 Å². The zero-order valence-electron chi connectivity index (χ0n) is 14.3. The molecule has 0 heterocycles. The van der Waals surface area contributed by atoms with E-state index >= 15 is 0 Å². The van der Waals surface area contributed by atoms with Crippen LogP contribution in [0.3, 0.4) is 0 Å². The first-order valence-electron chi connectivity index (χ1n) is 8.20. The summed E-state index contributed by atoms with van der Waals surface area (Å²) < 4.78 is 0. The van der Waals surface area contributed by atoms with Crippen molar-refractivity contribution in [2.24, 2.45) is 0 Å². The molecule has 0 spiro atoms. The van der Waals surface area contributed by atoms with Crippen molar-refractivity contribution >= 4 is 5.70 Å². The maximum absolute atomic E-state index is 5.36. The van der Waals surface area contributed by atoms with E-state index in [4.69, 9.17) is 6.42 Å². The van der Waals surface area contributed by atoms with Gasteiger partial charge in [-0.1, -0.05) is 62.4 Å². The van der Waals surface area contributed by atoms with Crippen LogP contribution in [0.4, 0.5) is 0 Å². The van der Waals surface area contributed by atoms with E-state index in [0.29, 0.717) is 5.92 Å². The first-order valence-corrected chi connectivity index (χ1v) is 8.20. The maximum atomic E-state index is 5.36. The lowest BCUT2D eigenvalue weighted by atomic mass is 9.91. The van der Waals surface area contributed by atoms with Gasteiger partial charge >= 0.3 is 0 Å². The van der Waals surface area contributed by atoms with Gasteiger partial charge in [-0.05, 0) is 35.6 Å². The van der Waals surface area contributed by atoms with Crippen LogP contribution in [0.25, 0.3) is 16.8 Å². The molecule has 1 heteroatoms. The van der Waals surface area contributed by atoms with Gasteiger partial charge in [-0.25, -0.2) is 0 Å². The second-order valence-corrected chi connectivity index (χ2v) is 5.91. The lowest BCUT2D eigenvalue weighted by Crippen LogP contribution is -2.15. The topological polar surface area (TPSA) is 12.0 Å². The fraction of sp³-hybridized carbons (Fsp3) is 0.273. The Morgan fingerprint density at radius 3 is 2.48 bits per heavy atom. The van der Waals surface area contributed by atoms with Crippen molar-refractivity contribution in [3.63, 3.8) is 0 Å². The van der Waals surface area contributed by atoms with Crippen LogP contribution in [0.1, 0.15) is 44.2 Å². The molecule has 2 aromatic carbocycles. The second kappa shape index (κ2) is 8.25. The Labute approximate surface area is 140 Å². The zero-order chi connectivity index (χ0) is 16.7. The zero-order valence-corrected chi connectivity index (χ0v) is 14.3. The fourth-order valence-electron chi connectivity index (χ4n) is 2.73. The average molecular weight is 303 g/mol. The van der Waals surface area contributed by atoms with Gasteiger partial charge in [-0.3, -0.25) is 0 Å². The van der Waals surface area contributed by atoms with Crippen LogP contribution in [0.15, 0.2) is 54.6 Å². The molecule has 0 amide bonds. The minimum Gasteiger partial charge on any atom is -0.384 e. The van der Waals surface area contributed by atoms with Crippen LogP contribution >= 0.6 is 0 Å². The summed E-state index contributed by atoms with van der Waals surface area (Å²) in [6.07, 6.45) is 8.22. The summed E-state index contributed by atoms with van der Waals surface area (Å²) in [6.45, 7) is 7.33. The number of terminal acetylenes is 1. The summed E-state index contributed by atoms with van der Waals surface area (Å²) in [6, 6.07) is 17.2. The fourth-order valence-corrected chi connectivity index (χ4v) is 2.73. The number of hydrogen-bond donors (Lipinski definition) is 1.